The van der Waals surface area contributed by atoms with Crippen molar-refractivity contribution in [2.45, 2.75) is 25.8 Å². The van der Waals surface area contributed by atoms with E-state index in [0.29, 0.717) is 6.04 Å². The number of benzene rings is 1. The molecule has 0 saturated heterocycles. The van der Waals surface area contributed by atoms with Crippen LogP contribution in [-0.2, 0) is 7.05 Å². The van der Waals surface area contributed by atoms with Crippen molar-refractivity contribution in [3.63, 3.8) is 0 Å². The summed E-state index contributed by atoms with van der Waals surface area (Å²) in [6, 6.07) is 9.11. The summed E-state index contributed by atoms with van der Waals surface area (Å²) in [5.74, 6) is 0.981. The van der Waals surface area contributed by atoms with Crippen molar-refractivity contribution in [2.24, 2.45) is 7.05 Å². The second kappa shape index (κ2) is 4.43. The summed E-state index contributed by atoms with van der Waals surface area (Å²) in [5, 5.41) is 7.97. The molecular formula is C14H16BrN3. The van der Waals surface area contributed by atoms with Crippen molar-refractivity contribution in [2.75, 3.05) is 5.32 Å². The first-order valence-electron chi connectivity index (χ1n) is 6.20. The van der Waals surface area contributed by atoms with Gasteiger partial charge in [0.2, 0.25) is 0 Å². The highest BCUT2D eigenvalue weighted by atomic mass is 79.9. The van der Waals surface area contributed by atoms with Gasteiger partial charge in [-0.25, -0.2) is 0 Å². The zero-order valence-electron chi connectivity index (χ0n) is 10.6. The summed E-state index contributed by atoms with van der Waals surface area (Å²) in [6.45, 7) is 2.13. The number of anilines is 1. The molecule has 0 amide bonds. The number of aromatic nitrogens is 2. The zero-order valence-corrected chi connectivity index (χ0v) is 12.2. The van der Waals surface area contributed by atoms with Gasteiger partial charge in [0.15, 0.2) is 0 Å². The Kier molecular flexibility index (Phi) is 2.90. The second-order valence-corrected chi connectivity index (χ2v) is 5.83. The fraction of sp³-hybridized carbons (Fsp3) is 0.357. The number of nitrogens with one attached hydrogen (secondary N) is 1. The molecule has 3 nitrogen and oxygen atoms in total. The lowest BCUT2D eigenvalue weighted by molar-refractivity contribution is 0.775. The smallest absolute Gasteiger partial charge is 0.148 e. The minimum atomic E-state index is 0.636. The molecular weight excluding hydrogens is 290 g/mol. The van der Waals surface area contributed by atoms with E-state index in [4.69, 9.17) is 0 Å². The van der Waals surface area contributed by atoms with Crippen LogP contribution in [0.5, 0.6) is 0 Å². The molecule has 0 aliphatic heterocycles. The van der Waals surface area contributed by atoms with Crippen LogP contribution >= 0.6 is 15.9 Å². The third kappa shape index (κ3) is 2.29. The van der Waals surface area contributed by atoms with Crippen LogP contribution in [0.2, 0.25) is 0 Å². The van der Waals surface area contributed by atoms with Crippen molar-refractivity contribution < 1.29 is 0 Å². The highest BCUT2D eigenvalue weighted by molar-refractivity contribution is 9.10. The van der Waals surface area contributed by atoms with E-state index in [1.807, 2.05) is 11.7 Å². The molecule has 1 aromatic heterocycles. The van der Waals surface area contributed by atoms with Crippen LogP contribution in [0, 0.1) is 6.92 Å². The first-order chi connectivity index (χ1) is 8.63. The summed E-state index contributed by atoms with van der Waals surface area (Å²) in [6.07, 6.45) is 2.53. The van der Waals surface area contributed by atoms with Crippen LogP contribution in [0.25, 0.3) is 11.3 Å². The SMILES string of the molecule is Cc1ccc(Br)cc1-c1cc(NC2CC2)nn1C. The van der Waals surface area contributed by atoms with Gasteiger partial charge in [-0.05, 0) is 37.5 Å². The van der Waals surface area contributed by atoms with Crippen molar-refractivity contribution in [3.05, 3.63) is 34.3 Å². The van der Waals surface area contributed by atoms with Crippen molar-refractivity contribution in [3.8, 4) is 11.3 Å². The molecule has 1 saturated carbocycles. The Labute approximate surface area is 115 Å². The van der Waals surface area contributed by atoms with Crippen molar-refractivity contribution in [1.29, 1.82) is 0 Å². The molecule has 1 fully saturated rings. The van der Waals surface area contributed by atoms with Gasteiger partial charge >= 0.3 is 0 Å². The van der Waals surface area contributed by atoms with E-state index in [9.17, 15) is 0 Å². The summed E-state index contributed by atoms with van der Waals surface area (Å²) < 4.78 is 3.04. The van der Waals surface area contributed by atoms with E-state index >= 15 is 0 Å². The molecule has 3 rings (SSSR count). The van der Waals surface area contributed by atoms with E-state index < -0.39 is 0 Å². The average molecular weight is 306 g/mol. The van der Waals surface area contributed by atoms with Crippen LogP contribution < -0.4 is 5.32 Å². The molecule has 18 heavy (non-hydrogen) atoms. The van der Waals surface area contributed by atoms with Gasteiger partial charge in [0.25, 0.3) is 0 Å². The molecule has 4 heteroatoms. The third-order valence-corrected chi connectivity index (χ3v) is 3.78. The Hall–Kier alpha value is -1.29. The van der Waals surface area contributed by atoms with E-state index in [0.717, 1.165) is 16.0 Å². The standard InChI is InChI=1S/C14H16BrN3/c1-9-3-4-10(15)7-12(9)13-8-14(17-18(13)2)16-11-5-6-11/h3-4,7-8,11H,5-6H2,1-2H3,(H,16,17). The predicted octanol–water partition coefficient (Wildman–Crippen LogP) is 3.73. The number of halogens is 1. The van der Waals surface area contributed by atoms with Gasteiger partial charge in [0.1, 0.15) is 5.82 Å². The maximum absolute atomic E-state index is 4.53. The molecule has 0 radical (unpaired) electrons. The first-order valence-corrected chi connectivity index (χ1v) is 7.00. The number of rotatable bonds is 3. The maximum atomic E-state index is 4.53. The van der Waals surface area contributed by atoms with Crippen LogP contribution in [0.3, 0.4) is 0 Å². The summed E-state index contributed by atoms with van der Waals surface area (Å²) in [7, 11) is 1.99. The van der Waals surface area contributed by atoms with E-state index in [1.54, 1.807) is 0 Å². The lowest BCUT2D eigenvalue weighted by Gasteiger charge is -2.06. The van der Waals surface area contributed by atoms with Gasteiger partial charge in [-0.2, -0.15) is 5.10 Å². The Balaban J connectivity index is 1.99. The average Bonchev–Trinajstić information content (AvgIpc) is 3.06. The zero-order chi connectivity index (χ0) is 12.7. The van der Waals surface area contributed by atoms with Crippen LogP contribution in [0.4, 0.5) is 5.82 Å². The molecule has 1 N–H and O–H groups in total. The lowest BCUT2D eigenvalue weighted by atomic mass is 10.1. The fourth-order valence-electron chi connectivity index (χ4n) is 2.10. The maximum Gasteiger partial charge on any atom is 0.148 e. The van der Waals surface area contributed by atoms with E-state index in [1.165, 1.54) is 24.0 Å². The van der Waals surface area contributed by atoms with Gasteiger partial charge in [0.05, 0.1) is 5.69 Å². The molecule has 1 aromatic carbocycles. The normalized spacial score (nSPS) is 14.8. The number of nitrogens with zero attached hydrogens (tertiary/aromatic N) is 2. The molecule has 94 valence electrons. The fourth-order valence-corrected chi connectivity index (χ4v) is 2.46. The molecule has 1 heterocycles. The van der Waals surface area contributed by atoms with Gasteiger partial charge < -0.3 is 5.32 Å². The highest BCUT2D eigenvalue weighted by Gasteiger charge is 2.22. The van der Waals surface area contributed by atoms with Crippen LogP contribution in [0.15, 0.2) is 28.7 Å². The Morgan fingerprint density at radius 1 is 1.33 bits per heavy atom. The van der Waals surface area contributed by atoms with Gasteiger partial charge in [-0.1, -0.05) is 22.0 Å². The summed E-state index contributed by atoms with van der Waals surface area (Å²) >= 11 is 3.53. The molecule has 0 spiro atoms. The Bertz CT molecular complexity index is 585. The first kappa shape index (κ1) is 11.8. The summed E-state index contributed by atoms with van der Waals surface area (Å²) in [5.41, 5.74) is 3.64. The predicted molar refractivity (Wildman–Crippen MR) is 77.7 cm³/mol. The number of aryl methyl sites for hydroxylation is 2. The van der Waals surface area contributed by atoms with Crippen LogP contribution in [-0.4, -0.2) is 15.8 Å². The van der Waals surface area contributed by atoms with Crippen LogP contribution in [0.1, 0.15) is 18.4 Å². The molecule has 1 aliphatic rings. The number of hydrogen-bond acceptors (Lipinski definition) is 2. The van der Waals surface area contributed by atoms with Gasteiger partial charge in [-0.15, -0.1) is 0 Å². The molecule has 2 aromatic rings. The largest absolute Gasteiger partial charge is 0.366 e. The monoisotopic (exact) mass is 305 g/mol. The minimum absolute atomic E-state index is 0.636. The minimum Gasteiger partial charge on any atom is -0.366 e. The highest BCUT2D eigenvalue weighted by Crippen LogP contribution is 2.30. The molecule has 0 bridgehead atoms. The second-order valence-electron chi connectivity index (χ2n) is 4.92. The molecule has 1 aliphatic carbocycles. The quantitative estimate of drug-likeness (QED) is 0.936. The topological polar surface area (TPSA) is 29.9 Å². The lowest BCUT2D eigenvalue weighted by Crippen LogP contribution is -2.02. The molecule has 0 unspecified atom stereocenters. The van der Waals surface area contributed by atoms with Crippen molar-refractivity contribution >= 4 is 21.7 Å². The third-order valence-electron chi connectivity index (χ3n) is 3.28. The van der Waals surface area contributed by atoms with E-state index in [2.05, 4.69) is 57.5 Å². The Morgan fingerprint density at radius 3 is 2.83 bits per heavy atom. The number of hydrogen-bond donors (Lipinski definition) is 1. The van der Waals surface area contributed by atoms with Gasteiger partial charge in [0, 0.05) is 29.2 Å². The van der Waals surface area contributed by atoms with Crippen molar-refractivity contribution in [1.82, 2.24) is 9.78 Å². The van der Waals surface area contributed by atoms with E-state index in [-0.39, 0.29) is 0 Å². The van der Waals surface area contributed by atoms with Gasteiger partial charge in [-0.3, -0.25) is 4.68 Å². The summed E-state index contributed by atoms with van der Waals surface area (Å²) in [4.78, 5) is 0. The Morgan fingerprint density at radius 2 is 2.11 bits per heavy atom. The molecule has 0 atom stereocenters.